The lowest BCUT2D eigenvalue weighted by molar-refractivity contribution is 0.0748. The molecule has 4 N–H and O–H groups in total. The highest BCUT2D eigenvalue weighted by molar-refractivity contribution is 6.32. The van der Waals surface area contributed by atoms with E-state index < -0.39 is 0 Å². The van der Waals surface area contributed by atoms with Crippen molar-refractivity contribution < 1.29 is 14.1 Å². The number of amides is 3. The summed E-state index contributed by atoms with van der Waals surface area (Å²) in [7, 11) is 0. The number of hydrogen-bond donors (Lipinski definition) is 4. The van der Waals surface area contributed by atoms with Crippen LogP contribution in [0.5, 0.6) is 0 Å². The van der Waals surface area contributed by atoms with Crippen LogP contribution in [0.2, 0.25) is 5.02 Å². The number of hydrogen-bond acceptors (Lipinski definition) is 8. The summed E-state index contributed by atoms with van der Waals surface area (Å²) in [5.74, 6) is 0.859. The number of likely N-dealkylation sites (tertiary alicyclic amines) is 1. The van der Waals surface area contributed by atoms with Crippen LogP contribution in [0.3, 0.4) is 0 Å². The van der Waals surface area contributed by atoms with E-state index in [0.717, 1.165) is 28.9 Å². The summed E-state index contributed by atoms with van der Waals surface area (Å²) in [6, 6.07) is 14.8. The largest absolute Gasteiger partial charge is 0.351 e. The molecule has 6 bridgehead atoms. The summed E-state index contributed by atoms with van der Waals surface area (Å²) < 4.78 is 4.97. The second-order valence-corrected chi connectivity index (χ2v) is 9.83. The molecule has 0 spiro atoms. The molecule has 39 heavy (non-hydrogen) atoms. The van der Waals surface area contributed by atoms with E-state index in [9.17, 15) is 9.59 Å². The summed E-state index contributed by atoms with van der Waals surface area (Å²) >= 11 is 6.36. The van der Waals surface area contributed by atoms with Crippen LogP contribution in [0.1, 0.15) is 28.1 Å². The summed E-state index contributed by atoms with van der Waals surface area (Å²) in [6.07, 6.45) is 5.08. The Morgan fingerprint density at radius 3 is 2.85 bits per heavy atom. The van der Waals surface area contributed by atoms with Gasteiger partial charge in [-0.1, -0.05) is 28.9 Å². The molecule has 6 rings (SSSR count). The minimum absolute atomic E-state index is 0.174. The van der Waals surface area contributed by atoms with E-state index in [1.807, 2.05) is 30.3 Å². The Bertz CT molecular complexity index is 1530. The second kappa shape index (κ2) is 10.6. The van der Waals surface area contributed by atoms with Gasteiger partial charge in [0.1, 0.15) is 5.02 Å². The predicted octanol–water partition coefficient (Wildman–Crippen LogP) is 4.74. The van der Waals surface area contributed by atoms with Gasteiger partial charge in [-0.15, -0.1) is 0 Å². The van der Waals surface area contributed by atoms with Gasteiger partial charge in [-0.05, 0) is 60.7 Å². The standard InChI is InChI=1S/C27H25ClN8O3/c28-21-14-29-26-32-18-3-1-2-16(12-18)4-5-17-13-19(31-24(21)35-26)6-7-22(17)34-27(38)33-20-9-11-36(15-20)25(37)23-8-10-30-39-23/h1-3,6-8,10,12-14,20H,4-5,9,11,15H2,(H2,33,34,38)(H2,29,31,32,35)/t20-/m0/s1. The molecule has 0 radical (unpaired) electrons. The maximum absolute atomic E-state index is 13.0. The number of nitrogens with one attached hydrogen (secondary N) is 4. The minimum Gasteiger partial charge on any atom is -0.351 e. The van der Waals surface area contributed by atoms with E-state index in [4.69, 9.17) is 16.1 Å². The molecule has 0 saturated carbocycles. The number of anilines is 5. The molecule has 11 nitrogen and oxygen atoms in total. The van der Waals surface area contributed by atoms with Crippen LogP contribution in [0.4, 0.5) is 33.6 Å². The maximum Gasteiger partial charge on any atom is 0.319 e. The molecular formula is C27H25ClN8O3. The van der Waals surface area contributed by atoms with E-state index in [1.165, 1.54) is 12.3 Å². The number of rotatable bonds is 3. The SMILES string of the molecule is O=C(Nc1ccc2cc1CCc1cccc(c1)Nc1ncc(Cl)c(n1)N2)N[C@H]1CCN(C(=O)c2ccno2)C1. The van der Waals surface area contributed by atoms with E-state index >= 15 is 0 Å². The van der Waals surface area contributed by atoms with E-state index in [0.29, 0.717) is 48.4 Å². The van der Waals surface area contributed by atoms with Gasteiger partial charge < -0.3 is 30.7 Å². The van der Waals surface area contributed by atoms with Gasteiger partial charge in [0, 0.05) is 42.3 Å². The Morgan fingerprint density at radius 2 is 1.97 bits per heavy atom. The molecule has 4 heterocycles. The molecule has 3 amide bonds. The summed E-state index contributed by atoms with van der Waals surface area (Å²) in [5, 5.41) is 16.5. The average Bonchev–Trinajstić information content (AvgIpc) is 3.63. The quantitative estimate of drug-likeness (QED) is 0.290. The van der Waals surface area contributed by atoms with Crippen molar-refractivity contribution in [2.24, 2.45) is 0 Å². The van der Waals surface area contributed by atoms with Crippen molar-refractivity contribution in [3.05, 3.63) is 82.8 Å². The lowest BCUT2D eigenvalue weighted by atomic mass is 10.0. The van der Waals surface area contributed by atoms with Gasteiger partial charge in [0.15, 0.2) is 5.82 Å². The fourth-order valence-corrected chi connectivity index (χ4v) is 4.89. The highest BCUT2D eigenvalue weighted by Gasteiger charge is 2.29. The van der Waals surface area contributed by atoms with Crippen molar-refractivity contribution in [1.82, 2.24) is 25.3 Å². The van der Waals surface area contributed by atoms with E-state index in [-0.39, 0.29) is 23.7 Å². The Hall–Kier alpha value is -4.64. The third kappa shape index (κ3) is 5.63. The molecule has 2 aliphatic heterocycles. The molecule has 12 heteroatoms. The molecule has 2 aromatic heterocycles. The Balaban J connectivity index is 1.19. The van der Waals surface area contributed by atoms with Crippen LogP contribution in [-0.4, -0.2) is 51.1 Å². The van der Waals surface area contributed by atoms with Gasteiger partial charge in [0.05, 0.1) is 12.4 Å². The maximum atomic E-state index is 13.0. The Morgan fingerprint density at radius 1 is 1.08 bits per heavy atom. The first kappa shape index (κ1) is 24.7. The van der Waals surface area contributed by atoms with Crippen molar-refractivity contribution in [3.63, 3.8) is 0 Å². The number of carbonyl (C=O) groups is 2. The lowest BCUT2D eigenvalue weighted by Gasteiger charge is -2.18. The average molecular weight is 545 g/mol. The molecule has 0 unspecified atom stereocenters. The van der Waals surface area contributed by atoms with Crippen molar-refractivity contribution in [3.8, 4) is 0 Å². The molecule has 198 valence electrons. The van der Waals surface area contributed by atoms with Crippen molar-refractivity contribution in [2.75, 3.05) is 29.0 Å². The smallest absolute Gasteiger partial charge is 0.319 e. The van der Waals surface area contributed by atoms with E-state index in [2.05, 4.69) is 48.5 Å². The zero-order valence-electron chi connectivity index (χ0n) is 20.8. The molecule has 1 atom stereocenters. The third-order valence-electron chi connectivity index (χ3n) is 6.69. The summed E-state index contributed by atoms with van der Waals surface area (Å²) in [5.41, 5.74) is 4.43. The Kier molecular flexibility index (Phi) is 6.72. The molecule has 0 aliphatic carbocycles. The number of aromatic nitrogens is 3. The van der Waals surface area contributed by atoms with Crippen LogP contribution in [0, 0.1) is 0 Å². The molecule has 2 aliphatic rings. The fraction of sp³-hybridized carbons (Fsp3) is 0.222. The second-order valence-electron chi connectivity index (χ2n) is 9.42. The number of carbonyl (C=O) groups excluding carboxylic acids is 2. The number of nitrogens with zero attached hydrogens (tertiary/aromatic N) is 4. The number of urea groups is 1. The van der Waals surface area contributed by atoms with Gasteiger partial charge in [0.25, 0.3) is 5.91 Å². The monoisotopic (exact) mass is 544 g/mol. The fourth-order valence-electron chi connectivity index (χ4n) is 4.75. The van der Waals surface area contributed by atoms with Crippen LogP contribution >= 0.6 is 11.6 Å². The van der Waals surface area contributed by atoms with Crippen molar-refractivity contribution in [1.29, 1.82) is 0 Å². The van der Waals surface area contributed by atoms with Gasteiger partial charge in [-0.3, -0.25) is 4.79 Å². The zero-order valence-corrected chi connectivity index (χ0v) is 21.5. The highest BCUT2D eigenvalue weighted by atomic mass is 35.5. The van der Waals surface area contributed by atoms with Crippen molar-refractivity contribution in [2.45, 2.75) is 25.3 Å². The molecular weight excluding hydrogens is 520 g/mol. The van der Waals surface area contributed by atoms with Gasteiger partial charge in [-0.25, -0.2) is 9.78 Å². The first-order valence-electron chi connectivity index (χ1n) is 12.6. The first-order chi connectivity index (χ1) is 19.0. The number of halogens is 1. The number of benzene rings is 2. The summed E-state index contributed by atoms with van der Waals surface area (Å²) in [6.45, 7) is 0.923. The first-order valence-corrected chi connectivity index (χ1v) is 12.9. The molecule has 1 fully saturated rings. The van der Waals surface area contributed by atoms with Crippen LogP contribution in [0.25, 0.3) is 0 Å². The summed E-state index contributed by atoms with van der Waals surface area (Å²) in [4.78, 5) is 35.9. The molecule has 2 aromatic carbocycles. The molecule has 4 aromatic rings. The third-order valence-corrected chi connectivity index (χ3v) is 6.96. The lowest BCUT2D eigenvalue weighted by Crippen LogP contribution is -2.40. The topological polar surface area (TPSA) is 137 Å². The van der Waals surface area contributed by atoms with Crippen LogP contribution in [0.15, 0.2) is 65.4 Å². The normalized spacial score (nSPS) is 16.1. The Labute approximate surface area is 229 Å². The predicted molar refractivity (Wildman–Crippen MR) is 147 cm³/mol. The number of fused-ring (bicyclic) bond motifs is 6. The number of aryl methyl sites for hydroxylation is 2. The van der Waals surface area contributed by atoms with Gasteiger partial charge in [-0.2, -0.15) is 4.98 Å². The zero-order chi connectivity index (χ0) is 26.8. The van der Waals surface area contributed by atoms with Gasteiger partial charge in [0.2, 0.25) is 11.7 Å². The van der Waals surface area contributed by atoms with Gasteiger partial charge >= 0.3 is 6.03 Å². The van der Waals surface area contributed by atoms with Crippen molar-refractivity contribution >= 4 is 52.4 Å². The van der Waals surface area contributed by atoms with Crippen LogP contribution in [-0.2, 0) is 12.8 Å². The highest BCUT2D eigenvalue weighted by Crippen LogP contribution is 2.29. The van der Waals surface area contributed by atoms with Crippen LogP contribution < -0.4 is 21.3 Å². The molecule has 1 saturated heterocycles. The minimum atomic E-state index is -0.330. The van der Waals surface area contributed by atoms with E-state index in [1.54, 1.807) is 11.1 Å².